The number of carboxylic acid groups (broad SMARTS) is 1. The van der Waals surface area contributed by atoms with Crippen molar-refractivity contribution < 1.29 is 14.1 Å². The van der Waals surface area contributed by atoms with Crippen molar-refractivity contribution in [2.75, 3.05) is 27.2 Å². The number of aromatic carboxylic acids is 1. The van der Waals surface area contributed by atoms with Crippen molar-refractivity contribution >= 4 is 18.2 Å². The lowest BCUT2D eigenvalue weighted by atomic mass is 10.2. The highest BCUT2D eigenvalue weighted by Crippen LogP contribution is 2.24. The number of hydrogen-bond acceptors (Lipinski definition) is 5. The predicted molar refractivity (Wildman–Crippen MR) is 75.3 cm³/mol. The van der Waals surface area contributed by atoms with Crippen molar-refractivity contribution in [3.05, 3.63) is 29.8 Å². The Kier molecular flexibility index (Phi) is 4.68. The Labute approximate surface area is 117 Å². The molecule has 104 valence electrons. The molecule has 1 aromatic carbocycles. The summed E-state index contributed by atoms with van der Waals surface area (Å²) in [6, 6.07) is 7.02. The largest absolute Gasteiger partial charge is 0.478 e. The van der Waals surface area contributed by atoms with E-state index in [9.17, 15) is 4.79 Å². The number of hydrogen-bond donors (Lipinski definition) is 1. The van der Waals surface area contributed by atoms with Crippen LogP contribution in [-0.2, 0) is 0 Å². The summed E-state index contributed by atoms with van der Waals surface area (Å²) in [7, 11) is 4.18. The van der Waals surface area contributed by atoms with Gasteiger partial charge in [-0.2, -0.15) is 0 Å². The molecule has 6 heteroatoms. The fourth-order valence-electron chi connectivity index (χ4n) is 1.95. The molecule has 0 radical (unpaired) electrons. The number of carboxylic acids is 1. The molecule has 1 atom stereocenters. The smallest absolute Gasteiger partial charge is 0.335 e. The average Bonchev–Trinajstić information content (AvgIpc) is 2.86. The molecule has 19 heavy (non-hydrogen) atoms. The summed E-state index contributed by atoms with van der Waals surface area (Å²) in [4.78, 5) is 12.9. The lowest BCUT2D eigenvalue weighted by Gasteiger charge is -2.19. The molecule has 2 rings (SSSR count). The third kappa shape index (κ3) is 3.86. The fraction of sp³-hybridized carbons (Fsp3) is 0.462. The zero-order chi connectivity index (χ0) is 13.8. The molecular weight excluding hydrogens is 264 g/mol. The molecule has 1 saturated heterocycles. The van der Waals surface area contributed by atoms with Gasteiger partial charge in [-0.05, 0) is 44.8 Å². The van der Waals surface area contributed by atoms with Gasteiger partial charge < -0.3 is 14.2 Å². The maximum Gasteiger partial charge on any atom is 0.335 e. The molecule has 5 nitrogen and oxygen atoms in total. The first-order valence-corrected chi connectivity index (χ1v) is 6.85. The zero-order valence-corrected chi connectivity index (χ0v) is 11.9. The van der Waals surface area contributed by atoms with Crippen LogP contribution in [0.1, 0.15) is 16.8 Å². The second-order valence-electron chi connectivity index (χ2n) is 4.78. The highest BCUT2D eigenvalue weighted by Gasteiger charge is 2.25. The van der Waals surface area contributed by atoms with E-state index >= 15 is 0 Å². The fourth-order valence-corrected chi connectivity index (χ4v) is 2.66. The van der Waals surface area contributed by atoms with Crippen molar-refractivity contribution in [1.29, 1.82) is 0 Å². The van der Waals surface area contributed by atoms with Crippen molar-refractivity contribution in [1.82, 2.24) is 9.21 Å². The van der Waals surface area contributed by atoms with Crippen LogP contribution in [0.4, 0.5) is 0 Å². The summed E-state index contributed by atoms with van der Waals surface area (Å²) in [6.45, 7) is 1.98. The third-order valence-electron chi connectivity index (χ3n) is 3.20. The van der Waals surface area contributed by atoms with E-state index in [2.05, 4.69) is 23.3 Å². The standard InChI is InChI=1S/C13H18N2O3S/c1-14(2)11-7-8-15(9-11)19-18-12-5-3-10(4-6-12)13(16)17/h3-6,11H,7-9H2,1-2H3,(H,16,17)/t11-/m0/s1. The van der Waals surface area contributed by atoms with E-state index in [0.29, 0.717) is 11.8 Å². The Morgan fingerprint density at radius 3 is 2.63 bits per heavy atom. The Morgan fingerprint density at radius 2 is 2.11 bits per heavy atom. The monoisotopic (exact) mass is 282 g/mol. The van der Waals surface area contributed by atoms with Crippen LogP contribution in [0.3, 0.4) is 0 Å². The normalized spacial score (nSPS) is 19.8. The molecule has 1 aliphatic heterocycles. The lowest BCUT2D eigenvalue weighted by molar-refractivity contribution is 0.0697. The SMILES string of the molecule is CN(C)[C@H]1CCN(SOc2ccc(C(=O)O)cc2)C1. The topological polar surface area (TPSA) is 53.0 Å². The average molecular weight is 282 g/mol. The summed E-state index contributed by atoms with van der Waals surface area (Å²) in [6.07, 6.45) is 1.14. The molecular formula is C13H18N2O3S. The lowest BCUT2D eigenvalue weighted by Crippen LogP contribution is -2.29. The Bertz CT molecular complexity index is 436. The van der Waals surface area contributed by atoms with Gasteiger partial charge in [-0.15, -0.1) is 0 Å². The molecule has 1 N–H and O–H groups in total. The van der Waals surface area contributed by atoms with Gasteiger partial charge in [-0.3, -0.25) is 0 Å². The maximum absolute atomic E-state index is 10.7. The van der Waals surface area contributed by atoms with Gasteiger partial charge in [0.1, 0.15) is 18.0 Å². The van der Waals surface area contributed by atoms with Gasteiger partial charge >= 0.3 is 5.97 Å². The van der Waals surface area contributed by atoms with E-state index in [1.807, 2.05) is 0 Å². The minimum atomic E-state index is -0.924. The summed E-state index contributed by atoms with van der Waals surface area (Å²) >= 11 is 1.33. The molecule has 1 aromatic rings. The van der Waals surface area contributed by atoms with Crippen molar-refractivity contribution in [2.24, 2.45) is 0 Å². The van der Waals surface area contributed by atoms with Crippen LogP contribution >= 0.6 is 12.2 Å². The first kappa shape index (κ1) is 14.2. The molecule has 1 fully saturated rings. The highest BCUT2D eigenvalue weighted by molar-refractivity contribution is 7.92. The molecule has 0 unspecified atom stereocenters. The first-order chi connectivity index (χ1) is 9.06. The number of rotatable bonds is 5. The van der Waals surface area contributed by atoms with Gasteiger partial charge in [-0.25, -0.2) is 9.10 Å². The first-order valence-electron chi connectivity index (χ1n) is 6.15. The van der Waals surface area contributed by atoms with E-state index < -0.39 is 5.97 Å². The summed E-state index contributed by atoms with van der Waals surface area (Å²) < 4.78 is 7.76. The van der Waals surface area contributed by atoms with Gasteiger partial charge in [0.05, 0.1) is 5.56 Å². The van der Waals surface area contributed by atoms with Crippen LogP contribution in [0, 0.1) is 0 Å². The highest BCUT2D eigenvalue weighted by atomic mass is 32.2. The van der Waals surface area contributed by atoms with Crippen LogP contribution in [-0.4, -0.2) is 53.5 Å². The molecule has 0 saturated carbocycles. The molecule has 0 aliphatic carbocycles. The van der Waals surface area contributed by atoms with E-state index in [-0.39, 0.29) is 5.56 Å². The number of benzene rings is 1. The summed E-state index contributed by atoms with van der Waals surface area (Å²) in [5.74, 6) is -0.254. The minimum absolute atomic E-state index is 0.270. The predicted octanol–water partition coefficient (Wildman–Crippen LogP) is 1.96. The van der Waals surface area contributed by atoms with Gasteiger partial charge in [0.25, 0.3) is 0 Å². The van der Waals surface area contributed by atoms with Crippen LogP contribution in [0.5, 0.6) is 5.75 Å². The number of carbonyl (C=O) groups is 1. The summed E-state index contributed by atoms with van der Waals surface area (Å²) in [5, 5.41) is 8.80. The van der Waals surface area contributed by atoms with Gasteiger partial charge in [0.15, 0.2) is 0 Å². The van der Waals surface area contributed by atoms with Crippen molar-refractivity contribution in [3.63, 3.8) is 0 Å². The van der Waals surface area contributed by atoms with Crippen LogP contribution in [0.25, 0.3) is 0 Å². The molecule has 0 bridgehead atoms. The Morgan fingerprint density at radius 1 is 1.42 bits per heavy atom. The third-order valence-corrected chi connectivity index (χ3v) is 4.01. The molecule has 1 aliphatic rings. The van der Waals surface area contributed by atoms with Gasteiger partial charge in [0, 0.05) is 19.1 Å². The second-order valence-corrected chi connectivity index (χ2v) is 5.61. The second kappa shape index (κ2) is 6.27. The van der Waals surface area contributed by atoms with E-state index in [0.717, 1.165) is 19.5 Å². The summed E-state index contributed by atoms with van der Waals surface area (Å²) in [5.41, 5.74) is 0.270. The molecule has 0 spiro atoms. The Hall–Kier alpha value is -1.24. The van der Waals surface area contributed by atoms with Gasteiger partial charge in [0.2, 0.25) is 0 Å². The molecule has 1 heterocycles. The van der Waals surface area contributed by atoms with Crippen LogP contribution in [0.15, 0.2) is 24.3 Å². The zero-order valence-electron chi connectivity index (χ0n) is 11.1. The maximum atomic E-state index is 10.7. The molecule has 0 aromatic heterocycles. The van der Waals surface area contributed by atoms with Crippen LogP contribution in [0.2, 0.25) is 0 Å². The van der Waals surface area contributed by atoms with E-state index in [1.165, 1.54) is 12.2 Å². The molecule has 0 amide bonds. The number of nitrogens with zero attached hydrogens (tertiary/aromatic N) is 2. The van der Waals surface area contributed by atoms with Crippen molar-refractivity contribution in [3.8, 4) is 5.75 Å². The number of likely N-dealkylation sites (N-methyl/N-ethyl adjacent to an activating group) is 1. The van der Waals surface area contributed by atoms with E-state index in [1.54, 1.807) is 24.3 Å². The van der Waals surface area contributed by atoms with Gasteiger partial charge in [-0.1, -0.05) is 0 Å². The minimum Gasteiger partial charge on any atom is -0.478 e. The van der Waals surface area contributed by atoms with Crippen LogP contribution < -0.4 is 4.18 Å². The van der Waals surface area contributed by atoms with Crippen molar-refractivity contribution in [2.45, 2.75) is 12.5 Å². The van der Waals surface area contributed by atoms with E-state index in [4.69, 9.17) is 9.29 Å². The Balaban J connectivity index is 1.81. The quantitative estimate of drug-likeness (QED) is 0.658.